The number of nitrogen functional groups attached to an aromatic ring is 1. The number of fused-ring (bicyclic) bond motifs is 3. The van der Waals surface area contributed by atoms with Gasteiger partial charge in [0.2, 0.25) is 0 Å². The molecule has 0 saturated carbocycles. The molecule has 0 bridgehead atoms. The molecule has 144 valence electrons. The molecular weight excluding hydrogens is 366 g/mol. The van der Waals surface area contributed by atoms with Crippen LogP contribution in [0.4, 0.5) is 5.82 Å². The van der Waals surface area contributed by atoms with Crippen molar-refractivity contribution in [1.82, 2.24) is 20.2 Å². The van der Waals surface area contributed by atoms with E-state index in [1.54, 1.807) is 0 Å². The third-order valence-electron chi connectivity index (χ3n) is 5.57. The van der Waals surface area contributed by atoms with Crippen LogP contribution in [-0.2, 0) is 19.4 Å². The number of thiophene rings is 1. The van der Waals surface area contributed by atoms with E-state index in [9.17, 15) is 0 Å². The Morgan fingerprint density at radius 1 is 1.19 bits per heavy atom. The zero-order chi connectivity index (χ0) is 17.2. The Balaban J connectivity index is 0.00000196. The maximum atomic E-state index is 6.38. The molecule has 3 N–H and O–H groups in total. The first kappa shape index (κ1) is 19.8. The molecule has 0 amide bonds. The van der Waals surface area contributed by atoms with Crippen LogP contribution in [0.15, 0.2) is 0 Å². The van der Waals surface area contributed by atoms with E-state index < -0.39 is 0 Å². The Labute approximate surface area is 166 Å². The van der Waals surface area contributed by atoms with Crippen molar-refractivity contribution < 1.29 is 0 Å². The first-order valence-corrected chi connectivity index (χ1v) is 10.6. The lowest BCUT2D eigenvalue weighted by Gasteiger charge is -2.34. The lowest BCUT2D eigenvalue weighted by atomic mass is 9.97. The summed E-state index contributed by atoms with van der Waals surface area (Å²) in [5.41, 5.74) is 7.81. The largest absolute Gasteiger partial charge is 0.383 e. The first-order valence-electron chi connectivity index (χ1n) is 9.77. The van der Waals surface area contributed by atoms with Crippen LogP contribution < -0.4 is 11.1 Å². The van der Waals surface area contributed by atoms with Crippen LogP contribution in [0.2, 0.25) is 0 Å². The van der Waals surface area contributed by atoms with E-state index >= 15 is 0 Å². The molecule has 1 aliphatic heterocycles. The molecule has 3 heterocycles. The molecule has 2 aromatic rings. The van der Waals surface area contributed by atoms with Crippen LogP contribution in [0.3, 0.4) is 0 Å². The van der Waals surface area contributed by atoms with Gasteiger partial charge in [-0.1, -0.05) is 6.92 Å². The number of rotatable bonds is 5. The average Bonchev–Trinajstić information content (AvgIpc) is 3.01. The molecule has 0 spiro atoms. The second kappa shape index (κ2) is 8.83. The van der Waals surface area contributed by atoms with Gasteiger partial charge in [0.05, 0.1) is 11.9 Å². The quantitative estimate of drug-likeness (QED) is 0.810. The molecule has 2 aliphatic rings. The summed E-state index contributed by atoms with van der Waals surface area (Å²) in [5.74, 6) is 1.59. The molecule has 4 rings (SSSR count). The van der Waals surface area contributed by atoms with Crippen molar-refractivity contribution in [2.75, 3.05) is 25.4 Å². The molecule has 1 saturated heterocycles. The van der Waals surface area contributed by atoms with Crippen LogP contribution in [0.1, 0.15) is 55.3 Å². The second-order valence-electron chi connectivity index (χ2n) is 7.37. The monoisotopic (exact) mass is 395 g/mol. The van der Waals surface area contributed by atoms with Crippen molar-refractivity contribution in [2.24, 2.45) is 0 Å². The van der Waals surface area contributed by atoms with Crippen molar-refractivity contribution in [3.05, 3.63) is 16.3 Å². The smallest absolute Gasteiger partial charge is 0.146 e. The third-order valence-corrected chi connectivity index (χ3v) is 6.76. The van der Waals surface area contributed by atoms with Gasteiger partial charge in [-0.2, -0.15) is 0 Å². The minimum Gasteiger partial charge on any atom is -0.383 e. The van der Waals surface area contributed by atoms with Crippen molar-refractivity contribution >= 4 is 39.8 Å². The molecule has 7 heteroatoms. The molecule has 0 aromatic carbocycles. The summed E-state index contributed by atoms with van der Waals surface area (Å²) in [6, 6.07) is 0.637. The fraction of sp³-hybridized carbons (Fsp3) is 0.684. The van der Waals surface area contributed by atoms with Gasteiger partial charge in [-0.15, -0.1) is 23.7 Å². The van der Waals surface area contributed by atoms with E-state index in [4.69, 9.17) is 15.7 Å². The Morgan fingerprint density at radius 3 is 2.73 bits per heavy atom. The minimum atomic E-state index is 0. The number of anilines is 1. The summed E-state index contributed by atoms with van der Waals surface area (Å²) in [4.78, 5) is 14.8. The predicted octanol–water partition coefficient (Wildman–Crippen LogP) is 3.54. The standard InChI is InChI=1S/C19H29N5S.ClH/c1-2-11-24(13-7-9-21-10-8-13)12-16-22-18(20)17-14-5-3-4-6-15(14)25-19(17)23-16;/h13,21H,2-12H2,1H3,(H2,20,22,23);1H. The molecule has 0 radical (unpaired) electrons. The van der Waals surface area contributed by atoms with Gasteiger partial charge in [0.25, 0.3) is 0 Å². The van der Waals surface area contributed by atoms with Crippen molar-refractivity contribution in [3.63, 3.8) is 0 Å². The SMILES string of the molecule is CCCN(Cc1nc(N)c2c3c(sc2n1)CCCC3)C1CCNCC1.Cl. The highest BCUT2D eigenvalue weighted by atomic mass is 35.5. The second-order valence-corrected chi connectivity index (χ2v) is 8.45. The van der Waals surface area contributed by atoms with Crippen molar-refractivity contribution in [2.45, 2.75) is 64.5 Å². The number of halogens is 1. The third kappa shape index (κ3) is 3.98. The normalized spacial score (nSPS) is 18.1. The van der Waals surface area contributed by atoms with Crippen molar-refractivity contribution in [3.8, 4) is 0 Å². The Bertz CT molecular complexity index is 741. The van der Waals surface area contributed by atoms with E-state index in [1.165, 1.54) is 42.5 Å². The molecule has 26 heavy (non-hydrogen) atoms. The summed E-state index contributed by atoms with van der Waals surface area (Å²) in [6.07, 6.45) is 8.46. The lowest BCUT2D eigenvalue weighted by Crippen LogP contribution is -2.43. The highest BCUT2D eigenvalue weighted by Crippen LogP contribution is 2.37. The summed E-state index contributed by atoms with van der Waals surface area (Å²) >= 11 is 1.84. The van der Waals surface area contributed by atoms with Gasteiger partial charge in [-0.05, 0) is 70.1 Å². The van der Waals surface area contributed by atoms with E-state index in [0.29, 0.717) is 11.9 Å². The van der Waals surface area contributed by atoms with Gasteiger partial charge in [-0.3, -0.25) is 4.90 Å². The fourth-order valence-corrected chi connectivity index (χ4v) is 5.62. The maximum absolute atomic E-state index is 6.38. The lowest BCUT2D eigenvalue weighted by molar-refractivity contribution is 0.151. The highest BCUT2D eigenvalue weighted by Gasteiger charge is 2.23. The maximum Gasteiger partial charge on any atom is 0.146 e. The van der Waals surface area contributed by atoms with Crippen LogP contribution in [0, 0.1) is 0 Å². The van der Waals surface area contributed by atoms with Gasteiger partial charge in [0.15, 0.2) is 0 Å². The van der Waals surface area contributed by atoms with Crippen LogP contribution in [0.25, 0.3) is 10.2 Å². The molecule has 2 aromatic heterocycles. The zero-order valence-corrected chi connectivity index (χ0v) is 17.2. The summed E-state index contributed by atoms with van der Waals surface area (Å²) < 4.78 is 0. The minimum absolute atomic E-state index is 0. The van der Waals surface area contributed by atoms with Gasteiger partial charge in [0.1, 0.15) is 16.5 Å². The van der Waals surface area contributed by atoms with Crippen LogP contribution >= 0.6 is 23.7 Å². The topological polar surface area (TPSA) is 67.1 Å². The average molecular weight is 396 g/mol. The number of nitrogens with two attached hydrogens (primary N) is 1. The van der Waals surface area contributed by atoms with E-state index in [-0.39, 0.29) is 12.4 Å². The van der Waals surface area contributed by atoms with Crippen LogP contribution in [-0.4, -0.2) is 40.5 Å². The van der Waals surface area contributed by atoms with Crippen molar-refractivity contribution in [1.29, 1.82) is 0 Å². The Morgan fingerprint density at radius 2 is 1.96 bits per heavy atom. The number of nitrogens with zero attached hydrogens (tertiary/aromatic N) is 3. The number of aryl methyl sites for hydroxylation is 2. The number of hydrogen-bond donors (Lipinski definition) is 2. The van der Waals surface area contributed by atoms with E-state index in [2.05, 4.69) is 17.1 Å². The number of aromatic nitrogens is 2. The molecule has 1 aliphatic carbocycles. The number of hydrogen-bond acceptors (Lipinski definition) is 6. The Hall–Kier alpha value is -0.950. The zero-order valence-electron chi connectivity index (χ0n) is 15.6. The van der Waals surface area contributed by atoms with Gasteiger partial charge in [-0.25, -0.2) is 9.97 Å². The fourth-order valence-electron chi connectivity index (χ4n) is 4.33. The summed E-state index contributed by atoms with van der Waals surface area (Å²) in [6.45, 7) is 6.41. The van der Waals surface area contributed by atoms with Crippen LogP contribution in [0.5, 0.6) is 0 Å². The molecule has 1 fully saturated rings. The summed E-state index contributed by atoms with van der Waals surface area (Å²) in [7, 11) is 0. The van der Waals surface area contributed by atoms with Gasteiger partial charge >= 0.3 is 0 Å². The first-order chi connectivity index (χ1) is 12.3. The molecule has 5 nitrogen and oxygen atoms in total. The number of nitrogens with one attached hydrogen (secondary N) is 1. The van der Waals surface area contributed by atoms with E-state index in [0.717, 1.165) is 55.1 Å². The molecule has 0 unspecified atom stereocenters. The Kier molecular flexibility index (Phi) is 6.72. The van der Waals surface area contributed by atoms with Gasteiger partial charge in [0, 0.05) is 10.9 Å². The molecular formula is C19H30ClN5S. The number of piperidine rings is 1. The summed E-state index contributed by atoms with van der Waals surface area (Å²) in [5, 5.41) is 4.61. The highest BCUT2D eigenvalue weighted by molar-refractivity contribution is 7.19. The predicted molar refractivity (Wildman–Crippen MR) is 112 cm³/mol. The molecule has 0 atom stereocenters. The van der Waals surface area contributed by atoms with E-state index in [1.807, 2.05) is 11.3 Å². The van der Waals surface area contributed by atoms with Gasteiger partial charge < -0.3 is 11.1 Å².